The Bertz CT molecular complexity index is 84.2. The second kappa shape index (κ2) is 2.32. The normalized spacial score (nSPS) is 42.7. The molecule has 2 fully saturated rings. The molecule has 0 bridgehead atoms. The molecule has 0 spiro atoms. The maximum Gasteiger partial charge on any atom is -0.0386 e. The summed E-state index contributed by atoms with van der Waals surface area (Å²) >= 11 is 0. The van der Waals surface area contributed by atoms with E-state index in [1.54, 1.807) is 25.7 Å². The van der Waals surface area contributed by atoms with E-state index in [4.69, 9.17) is 0 Å². The first-order valence-corrected chi connectivity index (χ1v) is 4.47. The molecule has 2 rings (SSSR count). The quantitative estimate of drug-likeness (QED) is 0.465. The molecule has 0 aromatic heterocycles. The van der Waals surface area contributed by atoms with Gasteiger partial charge < -0.3 is 0 Å². The van der Waals surface area contributed by atoms with Crippen LogP contribution in [-0.2, 0) is 0 Å². The van der Waals surface area contributed by atoms with Crippen molar-refractivity contribution in [1.29, 1.82) is 0 Å². The minimum absolute atomic E-state index is 1.17. The van der Waals surface area contributed by atoms with E-state index < -0.39 is 0 Å². The van der Waals surface area contributed by atoms with Gasteiger partial charge in [-0.1, -0.05) is 44.9 Å². The lowest BCUT2D eigenvalue weighted by atomic mass is 9.82. The van der Waals surface area contributed by atoms with Crippen molar-refractivity contribution in [1.82, 2.24) is 0 Å². The highest BCUT2D eigenvalue weighted by Crippen LogP contribution is 2.41. The van der Waals surface area contributed by atoms with Crippen molar-refractivity contribution in [3.63, 3.8) is 0 Å². The van der Waals surface area contributed by atoms with Gasteiger partial charge in [0, 0.05) is 0 Å². The molecule has 0 nitrogen and oxygen atoms in total. The number of hydrogen-bond donors (Lipinski definition) is 0. The van der Waals surface area contributed by atoms with Crippen LogP contribution >= 0.6 is 0 Å². The molecule has 0 aliphatic heterocycles. The Morgan fingerprint density at radius 3 is 1.56 bits per heavy atom. The van der Waals surface area contributed by atoms with E-state index in [1.807, 2.05) is 0 Å². The molecule has 0 aromatic carbocycles. The maximum absolute atomic E-state index is 1.56. The first-order chi connectivity index (χ1) is 4.47. The van der Waals surface area contributed by atoms with Gasteiger partial charge in [0.1, 0.15) is 0 Å². The zero-order valence-electron chi connectivity index (χ0n) is 6.10. The van der Waals surface area contributed by atoms with Crippen molar-refractivity contribution in [2.75, 3.05) is 0 Å². The van der Waals surface area contributed by atoms with Crippen LogP contribution in [0.5, 0.6) is 0 Å². The van der Waals surface area contributed by atoms with E-state index in [-0.39, 0.29) is 0 Å². The highest BCUT2D eigenvalue weighted by Gasteiger charge is 2.28. The first-order valence-electron chi connectivity index (χ1n) is 4.47. The van der Waals surface area contributed by atoms with Crippen LogP contribution in [0.15, 0.2) is 0 Å². The molecule has 0 heterocycles. The van der Waals surface area contributed by atoms with Crippen LogP contribution in [0.2, 0.25) is 0 Å². The fourth-order valence-corrected chi connectivity index (χ4v) is 2.69. The van der Waals surface area contributed by atoms with Crippen molar-refractivity contribution >= 4 is 0 Å². The lowest BCUT2D eigenvalue weighted by molar-refractivity contribution is 0.277. The molecule has 0 amide bonds. The van der Waals surface area contributed by atoms with Crippen molar-refractivity contribution in [2.24, 2.45) is 11.8 Å². The third-order valence-electron chi connectivity index (χ3n) is 3.22. The van der Waals surface area contributed by atoms with Crippen LogP contribution in [0.1, 0.15) is 44.9 Å². The summed E-state index contributed by atoms with van der Waals surface area (Å²) in [4.78, 5) is 0. The number of rotatable bonds is 0. The van der Waals surface area contributed by atoms with E-state index >= 15 is 0 Å². The summed E-state index contributed by atoms with van der Waals surface area (Å²) in [5.74, 6) is 2.33. The summed E-state index contributed by atoms with van der Waals surface area (Å²) < 4.78 is 0. The first kappa shape index (κ1) is 5.76. The van der Waals surface area contributed by atoms with E-state index in [0.29, 0.717) is 0 Å². The lowest BCUT2D eigenvalue weighted by Crippen LogP contribution is -2.12. The fourth-order valence-electron chi connectivity index (χ4n) is 2.69. The standard InChI is InChI=1S/C9H16/c1-2-5-9-7-3-6-8(9)4-1/h8-9H,1-7H2/t8-,9+. The second-order valence-corrected chi connectivity index (χ2v) is 3.74. The second-order valence-electron chi connectivity index (χ2n) is 3.74. The number of hydrogen-bond acceptors (Lipinski definition) is 0. The average molecular weight is 124 g/mol. The average Bonchev–Trinajstić information content (AvgIpc) is 2.33. The van der Waals surface area contributed by atoms with Gasteiger partial charge in [0.2, 0.25) is 0 Å². The van der Waals surface area contributed by atoms with Crippen molar-refractivity contribution in [3.8, 4) is 0 Å². The van der Waals surface area contributed by atoms with E-state index in [2.05, 4.69) is 0 Å². The Hall–Kier alpha value is 0. The largest absolute Gasteiger partial charge is 0.0530 e. The molecule has 2 saturated carbocycles. The summed E-state index contributed by atoms with van der Waals surface area (Å²) in [6.45, 7) is 0. The Balaban J connectivity index is 1.97. The molecule has 0 aromatic rings. The van der Waals surface area contributed by atoms with Crippen molar-refractivity contribution in [3.05, 3.63) is 0 Å². The molecular formula is C9H16. The Kier molecular flexibility index (Phi) is 1.48. The van der Waals surface area contributed by atoms with Gasteiger partial charge in [-0.15, -0.1) is 0 Å². The number of fused-ring (bicyclic) bond motifs is 1. The third-order valence-corrected chi connectivity index (χ3v) is 3.22. The molecule has 0 saturated heterocycles. The Morgan fingerprint density at radius 2 is 1.00 bits per heavy atom. The molecule has 9 heavy (non-hydrogen) atoms. The topological polar surface area (TPSA) is 0 Å². The van der Waals surface area contributed by atoms with Crippen LogP contribution in [-0.4, -0.2) is 0 Å². The van der Waals surface area contributed by atoms with E-state index in [9.17, 15) is 0 Å². The molecule has 2 atom stereocenters. The lowest BCUT2D eigenvalue weighted by Gasteiger charge is -2.24. The van der Waals surface area contributed by atoms with E-state index in [0.717, 1.165) is 0 Å². The molecule has 2 aliphatic rings. The fraction of sp³-hybridized carbons (Fsp3) is 1.00. The van der Waals surface area contributed by atoms with Gasteiger partial charge in [-0.05, 0) is 11.8 Å². The highest BCUT2D eigenvalue weighted by molar-refractivity contribution is 4.80. The van der Waals surface area contributed by atoms with Gasteiger partial charge in [0.15, 0.2) is 0 Å². The van der Waals surface area contributed by atoms with Gasteiger partial charge in [-0.3, -0.25) is 0 Å². The van der Waals surface area contributed by atoms with Crippen LogP contribution < -0.4 is 0 Å². The highest BCUT2D eigenvalue weighted by atomic mass is 14.3. The molecule has 0 N–H and O–H groups in total. The predicted octanol–water partition coefficient (Wildman–Crippen LogP) is 2.98. The summed E-state index contributed by atoms with van der Waals surface area (Å²) in [5, 5.41) is 0. The molecular weight excluding hydrogens is 108 g/mol. The molecule has 0 heteroatoms. The van der Waals surface area contributed by atoms with Crippen molar-refractivity contribution < 1.29 is 0 Å². The minimum atomic E-state index is 1.17. The molecule has 52 valence electrons. The zero-order valence-corrected chi connectivity index (χ0v) is 6.10. The van der Waals surface area contributed by atoms with E-state index in [1.165, 1.54) is 31.1 Å². The summed E-state index contributed by atoms with van der Waals surface area (Å²) in [5.41, 5.74) is 0. The van der Waals surface area contributed by atoms with Crippen molar-refractivity contribution in [2.45, 2.75) is 44.9 Å². The Labute approximate surface area is 57.6 Å². The summed E-state index contributed by atoms with van der Waals surface area (Å²) in [6, 6.07) is 0. The van der Waals surface area contributed by atoms with Crippen LogP contribution in [0.3, 0.4) is 0 Å². The Morgan fingerprint density at radius 1 is 0.556 bits per heavy atom. The third kappa shape index (κ3) is 0.997. The van der Waals surface area contributed by atoms with Gasteiger partial charge in [-0.25, -0.2) is 0 Å². The van der Waals surface area contributed by atoms with Crippen LogP contribution in [0.4, 0.5) is 0 Å². The maximum atomic E-state index is 1.56. The monoisotopic (exact) mass is 124 g/mol. The smallest absolute Gasteiger partial charge is 0.0386 e. The van der Waals surface area contributed by atoms with Gasteiger partial charge in [-0.2, -0.15) is 0 Å². The van der Waals surface area contributed by atoms with Gasteiger partial charge in [0.05, 0.1) is 0 Å². The predicted molar refractivity (Wildman–Crippen MR) is 39.3 cm³/mol. The van der Waals surface area contributed by atoms with Crippen LogP contribution in [0.25, 0.3) is 0 Å². The zero-order chi connectivity index (χ0) is 6.10. The minimum Gasteiger partial charge on any atom is -0.0530 e. The van der Waals surface area contributed by atoms with Gasteiger partial charge >= 0.3 is 0 Å². The summed E-state index contributed by atoms with van der Waals surface area (Å²) in [7, 11) is 0. The molecule has 0 unspecified atom stereocenters. The SMILES string of the molecule is C1CC[C@H]2CCC[C@H]2C1. The summed E-state index contributed by atoms with van der Waals surface area (Å²) in [6.07, 6.45) is 10.8. The van der Waals surface area contributed by atoms with Gasteiger partial charge in [0.25, 0.3) is 0 Å². The molecule has 0 radical (unpaired) electrons. The van der Waals surface area contributed by atoms with Crippen LogP contribution in [0, 0.1) is 11.8 Å². The molecule has 2 aliphatic carbocycles.